The van der Waals surface area contributed by atoms with Gasteiger partial charge in [-0.1, -0.05) is 13.8 Å². The Morgan fingerprint density at radius 2 is 2.12 bits per heavy atom. The van der Waals surface area contributed by atoms with E-state index in [4.69, 9.17) is 9.84 Å². The van der Waals surface area contributed by atoms with E-state index in [1.165, 1.54) is 0 Å². The first-order chi connectivity index (χ1) is 7.91. The molecule has 0 aliphatic carbocycles. The molecular weight excluding hydrogens is 220 g/mol. The maximum atomic E-state index is 11.4. The minimum atomic E-state index is -0.170. The van der Waals surface area contributed by atoms with Gasteiger partial charge in [0.25, 0.3) is 0 Å². The van der Waals surface area contributed by atoms with Gasteiger partial charge in [0.2, 0.25) is 0 Å². The Morgan fingerprint density at radius 3 is 2.65 bits per heavy atom. The maximum Gasteiger partial charge on any atom is 0.315 e. The molecule has 0 aromatic rings. The second kappa shape index (κ2) is 8.31. The Hall–Kier alpha value is -0.810. The van der Waals surface area contributed by atoms with E-state index in [1.54, 1.807) is 7.11 Å². The summed E-state index contributed by atoms with van der Waals surface area (Å²) in [5, 5.41) is 14.6. The lowest BCUT2D eigenvalue weighted by Gasteiger charge is -2.21. The zero-order valence-corrected chi connectivity index (χ0v) is 11.4. The van der Waals surface area contributed by atoms with Crippen LogP contribution in [0.3, 0.4) is 0 Å². The molecule has 102 valence electrons. The summed E-state index contributed by atoms with van der Waals surface area (Å²) in [5.74, 6) is 0. The van der Waals surface area contributed by atoms with Gasteiger partial charge in [-0.3, -0.25) is 0 Å². The van der Waals surface area contributed by atoms with E-state index in [-0.39, 0.29) is 24.1 Å². The number of methoxy groups -OCH3 is 1. The predicted molar refractivity (Wildman–Crippen MR) is 68.0 cm³/mol. The number of aliphatic hydroxyl groups excluding tert-OH is 1. The summed E-state index contributed by atoms with van der Waals surface area (Å²) < 4.78 is 4.92. The van der Waals surface area contributed by atoms with E-state index in [9.17, 15) is 4.79 Å². The average Bonchev–Trinajstić information content (AvgIpc) is 2.25. The summed E-state index contributed by atoms with van der Waals surface area (Å²) in [6.45, 7) is 7.20. The molecule has 0 fully saturated rings. The summed E-state index contributed by atoms with van der Waals surface area (Å²) in [6.07, 6.45) is 1.75. The molecule has 0 aromatic heterocycles. The summed E-state index contributed by atoms with van der Waals surface area (Å²) in [6, 6.07) is -0.162. The third-order valence-electron chi connectivity index (χ3n) is 2.54. The van der Waals surface area contributed by atoms with E-state index >= 15 is 0 Å². The number of hydrogen-bond donors (Lipinski definition) is 3. The average molecular weight is 246 g/mol. The summed E-state index contributed by atoms with van der Waals surface area (Å²) in [4.78, 5) is 11.4. The quantitative estimate of drug-likeness (QED) is 0.562. The van der Waals surface area contributed by atoms with Gasteiger partial charge in [-0.15, -0.1) is 0 Å². The number of hydrogen-bond acceptors (Lipinski definition) is 3. The number of amides is 2. The van der Waals surface area contributed by atoms with Crippen LogP contribution in [0.1, 0.15) is 33.6 Å². The van der Waals surface area contributed by atoms with Gasteiger partial charge in [0.15, 0.2) is 0 Å². The van der Waals surface area contributed by atoms with Crippen molar-refractivity contribution in [2.45, 2.75) is 39.7 Å². The van der Waals surface area contributed by atoms with Gasteiger partial charge in [-0.25, -0.2) is 4.79 Å². The van der Waals surface area contributed by atoms with E-state index in [1.807, 2.05) is 20.8 Å². The van der Waals surface area contributed by atoms with Crippen molar-refractivity contribution in [2.75, 3.05) is 26.9 Å². The second-order valence-electron chi connectivity index (χ2n) is 5.18. The van der Waals surface area contributed by atoms with Gasteiger partial charge in [0.1, 0.15) is 0 Å². The first-order valence-corrected chi connectivity index (χ1v) is 6.05. The number of carbonyl (C=O) groups is 1. The highest BCUT2D eigenvalue weighted by atomic mass is 16.5. The minimum absolute atomic E-state index is 0.00822. The zero-order valence-electron chi connectivity index (χ0n) is 11.4. The SMILES string of the molecule is COCC(C)NC(=O)NCCCC(C)(C)CO. The second-order valence-corrected chi connectivity index (χ2v) is 5.18. The van der Waals surface area contributed by atoms with Crippen LogP contribution in [0, 0.1) is 5.41 Å². The van der Waals surface area contributed by atoms with Crippen LogP contribution in [0.4, 0.5) is 4.79 Å². The minimum Gasteiger partial charge on any atom is -0.396 e. The number of carbonyl (C=O) groups excluding carboxylic acids is 1. The van der Waals surface area contributed by atoms with Crippen LogP contribution in [0.25, 0.3) is 0 Å². The summed E-state index contributed by atoms with van der Waals surface area (Å²) >= 11 is 0. The lowest BCUT2D eigenvalue weighted by Crippen LogP contribution is -2.43. The predicted octanol–water partition coefficient (Wildman–Crippen LogP) is 1.12. The monoisotopic (exact) mass is 246 g/mol. The largest absolute Gasteiger partial charge is 0.396 e. The molecule has 3 N–H and O–H groups in total. The Kier molecular flexibility index (Phi) is 7.91. The van der Waals surface area contributed by atoms with Crippen LogP contribution in [-0.4, -0.2) is 44.0 Å². The van der Waals surface area contributed by atoms with Gasteiger partial charge >= 0.3 is 6.03 Å². The maximum absolute atomic E-state index is 11.4. The van der Waals surface area contributed by atoms with Crippen LogP contribution in [0.15, 0.2) is 0 Å². The van der Waals surface area contributed by atoms with Crippen molar-refractivity contribution in [3.8, 4) is 0 Å². The van der Waals surface area contributed by atoms with Crippen molar-refractivity contribution in [3.05, 3.63) is 0 Å². The molecule has 0 radical (unpaired) electrons. The molecule has 2 amide bonds. The molecule has 0 aromatic carbocycles. The van der Waals surface area contributed by atoms with Crippen LogP contribution < -0.4 is 10.6 Å². The molecule has 1 unspecified atom stereocenters. The molecule has 0 bridgehead atoms. The summed E-state index contributed by atoms with van der Waals surface area (Å²) in [5.41, 5.74) is -0.0680. The van der Waals surface area contributed by atoms with Crippen molar-refractivity contribution in [1.29, 1.82) is 0 Å². The molecule has 1 atom stereocenters. The van der Waals surface area contributed by atoms with Gasteiger partial charge < -0.3 is 20.5 Å². The van der Waals surface area contributed by atoms with Gasteiger partial charge in [0.05, 0.1) is 12.6 Å². The molecule has 0 heterocycles. The first-order valence-electron chi connectivity index (χ1n) is 6.05. The molecule has 0 aliphatic rings. The Balaban J connectivity index is 3.58. The molecule has 0 spiro atoms. The molecular formula is C12H26N2O3. The smallest absolute Gasteiger partial charge is 0.315 e. The number of urea groups is 1. The highest BCUT2D eigenvalue weighted by Gasteiger charge is 2.15. The molecule has 0 saturated heterocycles. The van der Waals surface area contributed by atoms with Crippen molar-refractivity contribution in [1.82, 2.24) is 10.6 Å². The topological polar surface area (TPSA) is 70.6 Å². The third kappa shape index (κ3) is 8.94. The van der Waals surface area contributed by atoms with Crippen molar-refractivity contribution in [3.63, 3.8) is 0 Å². The fraction of sp³-hybridized carbons (Fsp3) is 0.917. The Morgan fingerprint density at radius 1 is 1.47 bits per heavy atom. The molecule has 0 saturated carbocycles. The van der Waals surface area contributed by atoms with Gasteiger partial charge in [-0.2, -0.15) is 0 Å². The van der Waals surface area contributed by atoms with Crippen LogP contribution in [0.2, 0.25) is 0 Å². The van der Waals surface area contributed by atoms with Gasteiger partial charge in [0, 0.05) is 20.3 Å². The van der Waals surface area contributed by atoms with Gasteiger partial charge in [-0.05, 0) is 25.2 Å². The number of ether oxygens (including phenoxy) is 1. The lowest BCUT2D eigenvalue weighted by atomic mass is 9.89. The fourth-order valence-corrected chi connectivity index (χ4v) is 1.41. The zero-order chi connectivity index (χ0) is 13.3. The standard InChI is InChI=1S/C12H26N2O3/c1-10(8-17-4)14-11(16)13-7-5-6-12(2,3)9-15/h10,15H,5-9H2,1-4H3,(H2,13,14,16). The summed E-state index contributed by atoms with van der Waals surface area (Å²) in [7, 11) is 1.60. The van der Waals surface area contributed by atoms with E-state index in [0.717, 1.165) is 12.8 Å². The molecule has 5 nitrogen and oxygen atoms in total. The van der Waals surface area contributed by atoms with Crippen LogP contribution >= 0.6 is 0 Å². The highest BCUT2D eigenvalue weighted by Crippen LogP contribution is 2.20. The highest BCUT2D eigenvalue weighted by molar-refractivity contribution is 5.74. The van der Waals surface area contributed by atoms with Crippen molar-refractivity contribution < 1.29 is 14.6 Å². The normalized spacial score (nSPS) is 13.2. The first kappa shape index (κ1) is 16.2. The van der Waals surface area contributed by atoms with Crippen LogP contribution in [0.5, 0.6) is 0 Å². The Bertz CT molecular complexity index is 220. The van der Waals surface area contributed by atoms with Crippen molar-refractivity contribution >= 4 is 6.03 Å². The molecule has 17 heavy (non-hydrogen) atoms. The lowest BCUT2D eigenvalue weighted by molar-refractivity contribution is 0.147. The number of rotatable bonds is 8. The molecule has 0 aliphatic heterocycles. The van der Waals surface area contributed by atoms with E-state index in [0.29, 0.717) is 13.2 Å². The Labute approximate surface area is 104 Å². The van der Waals surface area contributed by atoms with Crippen LogP contribution in [-0.2, 0) is 4.74 Å². The van der Waals surface area contributed by atoms with E-state index in [2.05, 4.69) is 10.6 Å². The number of aliphatic hydroxyl groups is 1. The number of nitrogens with one attached hydrogen (secondary N) is 2. The molecule has 0 rings (SSSR count). The molecule has 5 heteroatoms. The van der Waals surface area contributed by atoms with E-state index < -0.39 is 0 Å². The van der Waals surface area contributed by atoms with Crippen molar-refractivity contribution in [2.24, 2.45) is 5.41 Å². The third-order valence-corrected chi connectivity index (χ3v) is 2.54. The fourth-order valence-electron chi connectivity index (χ4n) is 1.41.